The summed E-state index contributed by atoms with van der Waals surface area (Å²) in [5.41, 5.74) is 1.67. The van der Waals surface area contributed by atoms with E-state index in [1.165, 1.54) is 23.9 Å². The largest absolute Gasteiger partial charge is 0.326 e. The third kappa shape index (κ3) is 5.06. The van der Waals surface area contributed by atoms with Crippen LogP contribution in [0, 0.1) is 12.7 Å². The summed E-state index contributed by atoms with van der Waals surface area (Å²) in [4.78, 5) is 12.8. The smallest absolute Gasteiger partial charge is 0.225 e. The molecule has 21 heavy (non-hydrogen) atoms. The third-order valence-corrected chi connectivity index (χ3v) is 4.29. The van der Waals surface area contributed by atoms with E-state index >= 15 is 0 Å². The van der Waals surface area contributed by atoms with Gasteiger partial charge in [0.1, 0.15) is 5.82 Å². The lowest BCUT2D eigenvalue weighted by Gasteiger charge is -2.07. The van der Waals surface area contributed by atoms with Gasteiger partial charge in [0.15, 0.2) is 0 Å². The van der Waals surface area contributed by atoms with Crippen LogP contribution in [0.4, 0.5) is 10.1 Å². The molecule has 0 bridgehead atoms. The lowest BCUT2D eigenvalue weighted by Crippen LogP contribution is -2.12. The Balaban J connectivity index is 1.79. The number of anilines is 1. The predicted octanol–water partition coefficient (Wildman–Crippen LogP) is 4.91. The Morgan fingerprint density at radius 1 is 1.24 bits per heavy atom. The molecule has 0 saturated carbocycles. The van der Waals surface area contributed by atoms with Crippen LogP contribution in [-0.2, 0) is 4.79 Å². The fourth-order valence-electron chi connectivity index (χ4n) is 1.69. The average Bonchev–Trinajstić information content (AvgIpc) is 2.45. The maximum absolute atomic E-state index is 12.8. The first-order valence-corrected chi connectivity index (χ1v) is 7.85. The van der Waals surface area contributed by atoms with Crippen molar-refractivity contribution in [2.24, 2.45) is 0 Å². The molecule has 110 valence electrons. The van der Waals surface area contributed by atoms with Crippen molar-refractivity contribution in [1.29, 1.82) is 0 Å². The first kappa shape index (κ1) is 15.9. The van der Waals surface area contributed by atoms with E-state index in [9.17, 15) is 9.18 Å². The van der Waals surface area contributed by atoms with E-state index < -0.39 is 0 Å². The van der Waals surface area contributed by atoms with Gasteiger partial charge in [0.25, 0.3) is 0 Å². The second-order valence-corrected chi connectivity index (χ2v) is 6.14. The number of halogens is 2. The summed E-state index contributed by atoms with van der Waals surface area (Å²) in [6, 6.07) is 11.7. The van der Waals surface area contributed by atoms with Crippen LogP contribution >= 0.6 is 23.4 Å². The Kier molecular flexibility index (Phi) is 5.65. The Bertz CT molecular complexity index is 631. The molecule has 0 radical (unpaired) electrons. The highest BCUT2D eigenvalue weighted by atomic mass is 35.5. The molecular weight excluding hydrogens is 309 g/mol. The fourth-order valence-corrected chi connectivity index (χ4v) is 2.72. The first-order valence-electron chi connectivity index (χ1n) is 6.49. The Morgan fingerprint density at radius 3 is 2.62 bits per heavy atom. The van der Waals surface area contributed by atoms with E-state index in [1.54, 1.807) is 18.2 Å². The summed E-state index contributed by atoms with van der Waals surface area (Å²) in [5.74, 6) is 0.315. The van der Waals surface area contributed by atoms with Crippen LogP contribution in [0.15, 0.2) is 47.4 Å². The summed E-state index contributed by atoms with van der Waals surface area (Å²) >= 11 is 7.53. The minimum atomic E-state index is -0.256. The van der Waals surface area contributed by atoms with Gasteiger partial charge in [0.2, 0.25) is 5.91 Å². The highest BCUT2D eigenvalue weighted by Gasteiger charge is 2.04. The van der Waals surface area contributed by atoms with Crippen LogP contribution in [0.25, 0.3) is 0 Å². The summed E-state index contributed by atoms with van der Waals surface area (Å²) in [7, 11) is 0. The number of hydrogen-bond donors (Lipinski definition) is 1. The second-order valence-electron chi connectivity index (χ2n) is 4.56. The fraction of sp³-hybridized carbons (Fsp3) is 0.188. The summed E-state index contributed by atoms with van der Waals surface area (Å²) in [5, 5.41) is 3.44. The van der Waals surface area contributed by atoms with Gasteiger partial charge in [-0.15, -0.1) is 11.8 Å². The molecule has 5 heteroatoms. The molecule has 0 atom stereocenters. The Hall–Kier alpha value is -1.52. The number of thioether (sulfide) groups is 1. The molecule has 0 aliphatic rings. The maximum atomic E-state index is 12.8. The lowest BCUT2D eigenvalue weighted by atomic mass is 10.2. The number of aryl methyl sites for hydroxylation is 1. The van der Waals surface area contributed by atoms with Crippen molar-refractivity contribution in [3.05, 3.63) is 58.9 Å². The number of carbonyl (C=O) groups excluding carboxylic acids is 1. The average molecular weight is 324 g/mol. The standard InChI is InChI=1S/C16H15ClFNOS/c1-11-2-5-13(10-15(11)17)19-16(20)8-9-21-14-6-3-12(18)4-7-14/h2-7,10H,8-9H2,1H3,(H,19,20). The first-order chi connectivity index (χ1) is 10.0. The SMILES string of the molecule is Cc1ccc(NC(=O)CCSc2ccc(F)cc2)cc1Cl. The van der Waals surface area contributed by atoms with Gasteiger partial charge in [0.05, 0.1) is 0 Å². The van der Waals surface area contributed by atoms with Gasteiger partial charge >= 0.3 is 0 Å². The highest BCUT2D eigenvalue weighted by molar-refractivity contribution is 7.99. The summed E-state index contributed by atoms with van der Waals surface area (Å²) in [6.45, 7) is 1.91. The normalized spacial score (nSPS) is 10.4. The monoisotopic (exact) mass is 323 g/mol. The summed E-state index contributed by atoms with van der Waals surface area (Å²) < 4.78 is 12.8. The minimum absolute atomic E-state index is 0.0652. The Labute approximate surface area is 132 Å². The molecule has 0 saturated heterocycles. The van der Waals surface area contributed by atoms with Crippen molar-refractivity contribution >= 4 is 35.0 Å². The van der Waals surface area contributed by atoms with E-state index in [4.69, 9.17) is 11.6 Å². The molecule has 0 aromatic heterocycles. The van der Waals surface area contributed by atoms with Crippen LogP contribution in [0.2, 0.25) is 5.02 Å². The van der Waals surface area contributed by atoms with Gasteiger partial charge in [-0.2, -0.15) is 0 Å². The number of rotatable bonds is 5. The van der Waals surface area contributed by atoms with E-state index in [-0.39, 0.29) is 11.7 Å². The van der Waals surface area contributed by atoms with Crippen molar-refractivity contribution in [2.45, 2.75) is 18.2 Å². The quantitative estimate of drug-likeness (QED) is 0.792. The van der Waals surface area contributed by atoms with Crippen LogP contribution < -0.4 is 5.32 Å². The molecule has 0 fully saturated rings. The van der Waals surface area contributed by atoms with E-state index in [0.29, 0.717) is 22.9 Å². The molecule has 0 aliphatic heterocycles. The van der Waals surface area contributed by atoms with Crippen molar-refractivity contribution in [1.82, 2.24) is 0 Å². The maximum Gasteiger partial charge on any atom is 0.225 e. The van der Waals surface area contributed by atoms with Gasteiger partial charge in [-0.25, -0.2) is 4.39 Å². The third-order valence-electron chi connectivity index (χ3n) is 2.87. The number of carbonyl (C=O) groups is 1. The molecule has 1 N–H and O–H groups in total. The van der Waals surface area contributed by atoms with Crippen molar-refractivity contribution in [3.63, 3.8) is 0 Å². The zero-order valence-electron chi connectivity index (χ0n) is 11.5. The number of amides is 1. The van der Waals surface area contributed by atoms with Gasteiger partial charge < -0.3 is 5.32 Å². The molecule has 2 aromatic carbocycles. The molecule has 2 rings (SSSR count). The van der Waals surface area contributed by atoms with Crippen molar-refractivity contribution in [3.8, 4) is 0 Å². The zero-order chi connectivity index (χ0) is 15.2. The molecule has 0 heterocycles. The van der Waals surface area contributed by atoms with E-state index in [2.05, 4.69) is 5.32 Å². The molecule has 0 spiro atoms. The van der Waals surface area contributed by atoms with Gasteiger partial charge in [0, 0.05) is 27.8 Å². The summed E-state index contributed by atoms with van der Waals surface area (Å²) in [6.07, 6.45) is 0.382. The van der Waals surface area contributed by atoms with E-state index in [1.807, 2.05) is 19.1 Å². The minimum Gasteiger partial charge on any atom is -0.326 e. The number of benzene rings is 2. The van der Waals surface area contributed by atoms with Gasteiger partial charge in [-0.05, 0) is 48.9 Å². The molecule has 1 amide bonds. The number of hydrogen-bond acceptors (Lipinski definition) is 2. The molecule has 2 nitrogen and oxygen atoms in total. The van der Waals surface area contributed by atoms with Crippen LogP contribution in [0.3, 0.4) is 0 Å². The molecule has 2 aromatic rings. The topological polar surface area (TPSA) is 29.1 Å². The van der Waals surface area contributed by atoms with Gasteiger partial charge in [-0.3, -0.25) is 4.79 Å². The predicted molar refractivity (Wildman–Crippen MR) is 86.6 cm³/mol. The molecule has 0 aliphatic carbocycles. The lowest BCUT2D eigenvalue weighted by molar-refractivity contribution is -0.115. The molecule has 0 unspecified atom stereocenters. The zero-order valence-corrected chi connectivity index (χ0v) is 13.1. The molecular formula is C16H15ClFNOS. The number of nitrogens with one attached hydrogen (secondary N) is 1. The van der Waals surface area contributed by atoms with E-state index in [0.717, 1.165) is 10.5 Å². The van der Waals surface area contributed by atoms with Crippen molar-refractivity contribution < 1.29 is 9.18 Å². The second kappa shape index (κ2) is 7.48. The Morgan fingerprint density at radius 2 is 1.95 bits per heavy atom. The van der Waals surface area contributed by atoms with Crippen molar-refractivity contribution in [2.75, 3.05) is 11.1 Å². The van der Waals surface area contributed by atoms with Crippen LogP contribution in [-0.4, -0.2) is 11.7 Å². The van der Waals surface area contributed by atoms with Crippen LogP contribution in [0.1, 0.15) is 12.0 Å². The van der Waals surface area contributed by atoms with Crippen LogP contribution in [0.5, 0.6) is 0 Å². The highest BCUT2D eigenvalue weighted by Crippen LogP contribution is 2.21. The van der Waals surface area contributed by atoms with Gasteiger partial charge in [-0.1, -0.05) is 17.7 Å².